The Balaban J connectivity index is 1.43. The third-order valence-electron chi connectivity index (χ3n) is 5.69. The minimum absolute atomic E-state index is 0.0411. The van der Waals surface area contributed by atoms with E-state index in [0.29, 0.717) is 33.3 Å². The number of amides is 2. The molecule has 0 radical (unpaired) electrons. The van der Waals surface area contributed by atoms with E-state index in [-0.39, 0.29) is 17.9 Å². The number of fused-ring (bicyclic) bond motifs is 3. The second-order valence-electron chi connectivity index (χ2n) is 7.51. The highest BCUT2D eigenvalue weighted by atomic mass is 32.1. The van der Waals surface area contributed by atoms with Gasteiger partial charge in [-0.3, -0.25) is 14.5 Å². The van der Waals surface area contributed by atoms with E-state index in [0.717, 1.165) is 25.9 Å². The van der Waals surface area contributed by atoms with Crippen LogP contribution in [0.3, 0.4) is 0 Å². The van der Waals surface area contributed by atoms with Gasteiger partial charge < -0.3 is 15.4 Å². The molecule has 2 amide bonds. The van der Waals surface area contributed by atoms with Gasteiger partial charge in [0.05, 0.1) is 10.6 Å². The second-order valence-corrected chi connectivity index (χ2v) is 8.56. The Hall–Kier alpha value is -2.38. The van der Waals surface area contributed by atoms with Crippen molar-refractivity contribution in [3.8, 4) is 10.8 Å². The largest absolute Gasteiger partial charge is 0.444 e. The first-order valence-corrected chi connectivity index (χ1v) is 10.5. The minimum atomic E-state index is -0.158. The number of nitrogens with one attached hydrogen (secondary N) is 2. The predicted molar refractivity (Wildman–Crippen MR) is 110 cm³/mol. The van der Waals surface area contributed by atoms with Crippen LogP contribution in [-0.2, 0) is 4.79 Å². The van der Waals surface area contributed by atoms with Crippen molar-refractivity contribution >= 4 is 28.8 Å². The zero-order valence-corrected chi connectivity index (χ0v) is 16.9. The summed E-state index contributed by atoms with van der Waals surface area (Å²) >= 11 is 1.31. The number of hydrogen-bond donors (Lipinski definition) is 2. The smallest absolute Gasteiger partial charge is 0.261 e. The Morgan fingerprint density at radius 1 is 1.14 bits per heavy atom. The third-order valence-corrected chi connectivity index (χ3v) is 6.65. The van der Waals surface area contributed by atoms with Crippen molar-refractivity contribution in [2.45, 2.75) is 38.8 Å². The Morgan fingerprint density at radius 3 is 2.61 bits per heavy atom. The normalized spacial score (nSPS) is 25.9. The molecule has 7 heteroatoms. The van der Waals surface area contributed by atoms with Gasteiger partial charge in [-0.1, -0.05) is 23.5 Å². The first-order valence-electron chi connectivity index (χ1n) is 9.70. The Bertz CT molecular complexity index is 871. The highest BCUT2D eigenvalue weighted by Gasteiger charge is 2.40. The molecule has 2 bridgehead atoms. The van der Waals surface area contributed by atoms with Crippen LogP contribution in [0.25, 0.3) is 0 Å². The number of rotatable bonds is 5. The number of anilines is 1. The van der Waals surface area contributed by atoms with E-state index in [4.69, 9.17) is 4.74 Å². The third kappa shape index (κ3) is 3.91. The summed E-state index contributed by atoms with van der Waals surface area (Å²) in [5.41, 5.74) is 0.607. The zero-order valence-electron chi connectivity index (χ0n) is 16.1. The maximum atomic E-state index is 12.8. The molecule has 6 nitrogen and oxygen atoms in total. The van der Waals surface area contributed by atoms with Crippen LogP contribution in [-0.4, -0.2) is 41.9 Å². The Labute approximate surface area is 168 Å². The number of carbonyl (C=O) groups excluding carboxylic acids is 2. The van der Waals surface area contributed by atoms with Gasteiger partial charge in [0.25, 0.3) is 5.91 Å². The van der Waals surface area contributed by atoms with E-state index in [1.807, 2.05) is 12.1 Å². The molecule has 5 rings (SSSR count). The second kappa shape index (κ2) is 7.93. The van der Waals surface area contributed by atoms with Crippen LogP contribution in [0.2, 0.25) is 0 Å². The van der Waals surface area contributed by atoms with Crippen LogP contribution in [0, 0.1) is 5.92 Å². The Morgan fingerprint density at radius 2 is 1.89 bits per heavy atom. The zero-order chi connectivity index (χ0) is 19.7. The lowest BCUT2D eigenvalue weighted by molar-refractivity contribution is -0.114. The molecule has 0 spiro atoms. The molecule has 3 aliphatic heterocycles. The summed E-state index contributed by atoms with van der Waals surface area (Å²) in [6.45, 7) is 5.95. The topological polar surface area (TPSA) is 70.7 Å². The van der Waals surface area contributed by atoms with E-state index in [9.17, 15) is 9.59 Å². The molecule has 3 aliphatic rings. The highest BCUT2D eigenvalue weighted by Crippen LogP contribution is 2.35. The minimum Gasteiger partial charge on any atom is -0.444 e. The van der Waals surface area contributed by atoms with E-state index in [2.05, 4.69) is 22.5 Å². The average molecular weight is 400 g/mol. The SMILES string of the molecule is CC(=O)Nc1ccccc1Oc1ccc(C(=O)N[C@@H]2C3CCN(CC3)[C@@H]2C)s1. The molecule has 0 unspecified atom stereocenters. The maximum Gasteiger partial charge on any atom is 0.261 e. The summed E-state index contributed by atoms with van der Waals surface area (Å²) in [7, 11) is 0. The molecule has 3 saturated heterocycles. The van der Waals surface area contributed by atoms with Crippen molar-refractivity contribution in [1.29, 1.82) is 0 Å². The predicted octanol–water partition coefficient (Wildman–Crippen LogP) is 3.71. The first kappa shape index (κ1) is 19.0. The van der Waals surface area contributed by atoms with Gasteiger partial charge in [-0.15, -0.1) is 0 Å². The molecule has 2 atom stereocenters. The quantitative estimate of drug-likeness (QED) is 0.804. The molecule has 0 saturated carbocycles. The van der Waals surface area contributed by atoms with Crippen LogP contribution in [0.15, 0.2) is 36.4 Å². The van der Waals surface area contributed by atoms with E-state index in [1.54, 1.807) is 24.3 Å². The Kier molecular flexibility index (Phi) is 5.37. The van der Waals surface area contributed by atoms with Gasteiger partial charge >= 0.3 is 0 Å². The number of para-hydroxylation sites is 2. The molecule has 4 heterocycles. The number of piperidine rings is 3. The van der Waals surface area contributed by atoms with Crippen LogP contribution in [0.5, 0.6) is 10.8 Å². The van der Waals surface area contributed by atoms with Crippen LogP contribution >= 0.6 is 11.3 Å². The maximum absolute atomic E-state index is 12.8. The molecule has 1 aromatic carbocycles. The lowest BCUT2D eigenvalue weighted by Gasteiger charge is -2.49. The van der Waals surface area contributed by atoms with Crippen molar-refractivity contribution in [3.63, 3.8) is 0 Å². The molecule has 28 heavy (non-hydrogen) atoms. The van der Waals surface area contributed by atoms with Gasteiger partial charge in [-0.05, 0) is 63.0 Å². The summed E-state index contributed by atoms with van der Waals surface area (Å²) in [5.74, 6) is 0.927. The van der Waals surface area contributed by atoms with Gasteiger partial charge in [-0.2, -0.15) is 0 Å². The molecule has 2 N–H and O–H groups in total. The molecule has 3 fully saturated rings. The monoisotopic (exact) mass is 399 g/mol. The number of benzene rings is 1. The lowest BCUT2D eigenvalue weighted by atomic mass is 9.79. The lowest BCUT2D eigenvalue weighted by Crippen LogP contribution is -2.62. The van der Waals surface area contributed by atoms with Crippen LogP contribution < -0.4 is 15.4 Å². The fraction of sp³-hybridized carbons (Fsp3) is 0.429. The molecular formula is C21H25N3O3S. The van der Waals surface area contributed by atoms with Gasteiger partial charge in [0.1, 0.15) is 0 Å². The number of thiophene rings is 1. The van der Waals surface area contributed by atoms with E-state index >= 15 is 0 Å². The number of nitrogens with zero attached hydrogens (tertiary/aromatic N) is 1. The number of hydrogen-bond acceptors (Lipinski definition) is 5. The first-order chi connectivity index (χ1) is 13.5. The standard InChI is InChI=1S/C21H25N3O3S/c1-13-20(15-9-11-24(13)12-10-15)23-21(26)18-7-8-19(28-18)27-17-6-4-3-5-16(17)22-14(2)25/h3-8,13,15,20H,9-12H2,1-2H3,(H,22,25)(H,23,26)/t13-,20+/m1/s1. The van der Waals surface area contributed by atoms with Crippen molar-refractivity contribution in [1.82, 2.24) is 10.2 Å². The summed E-state index contributed by atoms with van der Waals surface area (Å²) < 4.78 is 5.92. The van der Waals surface area contributed by atoms with Gasteiger partial charge in [0.15, 0.2) is 10.8 Å². The molecule has 1 aromatic heterocycles. The van der Waals surface area contributed by atoms with Gasteiger partial charge in [-0.25, -0.2) is 0 Å². The fourth-order valence-corrected chi connectivity index (χ4v) is 4.99. The molecule has 148 valence electrons. The van der Waals surface area contributed by atoms with Crippen molar-refractivity contribution in [3.05, 3.63) is 41.3 Å². The summed E-state index contributed by atoms with van der Waals surface area (Å²) in [6, 6.07) is 11.4. The average Bonchev–Trinajstić information content (AvgIpc) is 3.15. The van der Waals surface area contributed by atoms with E-state index < -0.39 is 0 Å². The summed E-state index contributed by atoms with van der Waals surface area (Å²) in [5, 5.41) is 6.62. The van der Waals surface area contributed by atoms with Gasteiger partial charge in [0.2, 0.25) is 5.91 Å². The summed E-state index contributed by atoms with van der Waals surface area (Å²) in [6.07, 6.45) is 2.32. The molecular weight excluding hydrogens is 374 g/mol. The van der Waals surface area contributed by atoms with E-state index in [1.165, 1.54) is 18.3 Å². The fourth-order valence-electron chi connectivity index (χ4n) is 4.22. The summed E-state index contributed by atoms with van der Waals surface area (Å²) in [4.78, 5) is 27.2. The van der Waals surface area contributed by atoms with Crippen LogP contribution in [0.1, 0.15) is 36.4 Å². The van der Waals surface area contributed by atoms with Crippen molar-refractivity contribution in [2.75, 3.05) is 18.4 Å². The molecule has 0 aliphatic carbocycles. The van der Waals surface area contributed by atoms with Gasteiger partial charge in [0, 0.05) is 19.0 Å². The van der Waals surface area contributed by atoms with Crippen LogP contribution in [0.4, 0.5) is 5.69 Å². The number of ether oxygens (including phenoxy) is 1. The highest BCUT2D eigenvalue weighted by molar-refractivity contribution is 7.15. The van der Waals surface area contributed by atoms with Crippen molar-refractivity contribution < 1.29 is 14.3 Å². The number of carbonyl (C=O) groups is 2. The molecule has 2 aromatic rings. The van der Waals surface area contributed by atoms with Crippen molar-refractivity contribution in [2.24, 2.45) is 5.92 Å².